The molecule has 0 radical (unpaired) electrons. The highest BCUT2D eigenvalue weighted by molar-refractivity contribution is 5.78. The number of piperazine rings is 1. The molecule has 0 saturated carbocycles. The Morgan fingerprint density at radius 3 is 2.61 bits per heavy atom. The molecule has 0 bridgehead atoms. The van der Waals surface area contributed by atoms with Crippen LogP contribution in [0.3, 0.4) is 0 Å². The zero-order valence-corrected chi connectivity index (χ0v) is 24.3. The molecule has 2 amide bonds. The Morgan fingerprint density at radius 1 is 1.00 bits per heavy atom. The number of methoxy groups -OCH3 is 1. The number of carbonyl (C=O) groups is 2. The number of amides is 2. The van der Waals surface area contributed by atoms with Crippen LogP contribution in [0.4, 0.5) is 10.6 Å². The summed E-state index contributed by atoms with van der Waals surface area (Å²) in [7, 11) is 1.57. The van der Waals surface area contributed by atoms with Gasteiger partial charge in [-0.05, 0) is 54.4 Å². The molecule has 1 unspecified atom stereocenters. The summed E-state index contributed by atoms with van der Waals surface area (Å²) >= 11 is 0. The summed E-state index contributed by atoms with van der Waals surface area (Å²) in [6.45, 7) is 2.71. The van der Waals surface area contributed by atoms with E-state index in [1.165, 1.54) is 0 Å². The van der Waals surface area contributed by atoms with E-state index in [9.17, 15) is 9.59 Å². The summed E-state index contributed by atoms with van der Waals surface area (Å²) < 4.78 is 23.9. The molecule has 4 aromatic rings. The van der Waals surface area contributed by atoms with Crippen LogP contribution in [0.15, 0.2) is 73.4 Å². The van der Waals surface area contributed by atoms with Gasteiger partial charge in [0.05, 0.1) is 13.2 Å². The Labute approximate surface area is 254 Å². The lowest BCUT2D eigenvalue weighted by molar-refractivity contribution is -0.122. The Kier molecular flexibility index (Phi) is 8.71. The van der Waals surface area contributed by atoms with Crippen LogP contribution >= 0.6 is 0 Å². The van der Waals surface area contributed by atoms with Gasteiger partial charge in [-0.1, -0.05) is 6.07 Å². The molecule has 0 spiro atoms. The predicted octanol–water partition coefficient (Wildman–Crippen LogP) is 2.88. The fourth-order valence-corrected chi connectivity index (χ4v) is 5.17. The van der Waals surface area contributed by atoms with Gasteiger partial charge in [-0.3, -0.25) is 9.36 Å². The van der Waals surface area contributed by atoms with Crippen molar-refractivity contribution < 1.29 is 28.5 Å². The fraction of sp³-hybridized carbons (Fsp3) is 0.323. The van der Waals surface area contributed by atoms with E-state index in [4.69, 9.17) is 23.9 Å². The van der Waals surface area contributed by atoms with Crippen molar-refractivity contribution in [3.8, 4) is 28.9 Å². The summed E-state index contributed by atoms with van der Waals surface area (Å²) in [5.74, 6) is 3.50. The summed E-state index contributed by atoms with van der Waals surface area (Å²) in [6.07, 6.45) is 6.93. The number of imidazole rings is 1. The lowest BCUT2D eigenvalue weighted by Crippen LogP contribution is -2.57. The third kappa shape index (κ3) is 6.83. The fourth-order valence-electron chi connectivity index (χ4n) is 5.17. The second kappa shape index (κ2) is 13.3. The average Bonchev–Trinajstić information content (AvgIpc) is 3.61. The molecule has 2 aliphatic heterocycles. The van der Waals surface area contributed by atoms with Crippen molar-refractivity contribution in [1.82, 2.24) is 29.7 Å². The Morgan fingerprint density at radius 2 is 1.82 bits per heavy atom. The highest BCUT2D eigenvalue weighted by atomic mass is 16.6. The first kappa shape index (κ1) is 28.8. The number of hydrogen-bond acceptors (Lipinski definition) is 10. The number of rotatable bonds is 9. The highest BCUT2D eigenvalue weighted by Crippen LogP contribution is 2.31. The molecule has 6 rings (SSSR count). The summed E-state index contributed by atoms with van der Waals surface area (Å²) in [5, 5.41) is 3.00. The maximum Gasteiger partial charge on any atom is 0.415 e. The van der Waals surface area contributed by atoms with Gasteiger partial charge in [-0.2, -0.15) is 4.98 Å². The Hall–Kier alpha value is -5.33. The Bertz CT molecular complexity index is 1580. The summed E-state index contributed by atoms with van der Waals surface area (Å²) in [6, 6.07) is 13.9. The number of benzene rings is 2. The Balaban J connectivity index is 1.12. The van der Waals surface area contributed by atoms with Gasteiger partial charge in [-0.15, -0.1) is 0 Å². The largest absolute Gasteiger partial charge is 0.497 e. The van der Waals surface area contributed by atoms with Crippen LogP contribution in [0, 0.1) is 0 Å². The van der Waals surface area contributed by atoms with Crippen molar-refractivity contribution in [2.24, 2.45) is 0 Å². The molecule has 0 aliphatic carbocycles. The van der Waals surface area contributed by atoms with Crippen LogP contribution in [0.2, 0.25) is 0 Å². The van der Waals surface area contributed by atoms with E-state index in [-0.39, 0.29) is 12.3 Å². The molecule has 2 aliphatic rings. The maximum absolute atomic E-state index is 13.3. The number of nitrogens with one attached hydrogen (secondary N) is 1. The molecule has 1 atom stereocenters. The van der Waals surface area contributed by atoms with E-state index in [2.05, 4.69) is 15.3 Å². The average molecular weight is 600 g/mol. The number of nitrogens with zero attached hydrogens (tertiary/aromatic N) is 6. The molecule has 2 aromatic carbocycles. The smallest absolute Gasteiger partial charge is 0.415 e. The van der Waals surface area contributed by atoms with Crippen LogP contribution in [0.1, 0.15) is 12.0 Å². The topological polar surface area (TPSA) is 133 Å². The monoisotopic (exact) mass is 599 g/mol. The standard InChI is InChI=1S/C31H33N7O6/c1-41-24-3-5-25(6-4-24)44-31(40)38-15-14-36(28-9-11-34-30(35-28)37-13-12-32-21-37)20-23(38)19-29(39)33-10-8-22-2-7-26-27(18-22)43-17-16-42-26/h2-7,9,11-13,18,21,23H,8,10,14-17,19-20H2,1H3,(H,33,39). The van der Waals surface area contributed by atoms with Crippen molar-refractivity contribution in [2.75, 3.05) is 51.4 Å². The van der Waals surface area contributed by atoms with Gasteiger partial charge >= 0.3 is 6.09 Å². The first-order chi connectivity index (χ1) is 21.6. The molecule has 4 heterocycles. The number of ether oxygens (including phenoxy) is 4. The van der Waals surface area contributed by atoms with Gasteiger partial charge in [0.2, 0.25) is 11.9 Å². The van der Waals surface area contributed by atoms with Gasteiger partial charge in [0.15, 0.2) is 11.5 Å². The van der Waals surface area contributed by atoms with Crippen molar-refractivity contribution in [3.63, 3.8) is 0 Å². The van der Waals surface area contributed by atoms with Crippen LogP contribution in [0.25, 0.3) is 5.95 Å². The molecular weight excluding hydrogens is 566 g/mol. The van der Waals surface area contributed by atoms with Crippen molar-refractivity contribution >= 4 is 17.8 Å². The maximum atomic E-state index is 13.3. The molecule has 13 nitrogen and oxygen atoms in total. The van der Waals surface area contributed by atoms with E-state index in [1.807, 2.05) is 29.2 Å². The lowest BCUT2D eigenvalue weighted by Gasteiger charge is -2.41. The van der Waals surface area contributed by atoms with Crippen molar-refractivity contribution in [1.29, 1.82) is 0 Å². The predicted molar refractivity (Wildman–Crippen MR) is 160 cm³/mol. The van der Waals surface area contributed by atoms with E-state index < -0.39 is 12.1 Å². The second-order valence-electron chi connectivity index (χ2n) is 10.3. The zero-order valence-electron chi connectivity index (χ0n) is 24.3. The first-order valence-corrected chi connectivity index (χ1v) is 14.4. The minimum absolute atomic E-state index is 0.0921. The molecule has 1 saturated heterocycles. The van der Waals surface area contributed by atoms with Gasteiger partial charge in [0.1, 0.15) is 36.9 Å². The van der Waals surface area contributed by atoms with Gasteiger partial charge in [0, 0.05) is 51.2 Å². The number of hydrogen-bond donors (Lipinski definition) is 1. The van der Waals surface area contributed by atoms with Crippen molar-refractivity contribution in [2.45, 2.75) is 18.9 Å². The molecule has 44 heavy (non-hydrogen) atoms. The van der Waals surface area contributed by atoms with E-state index in [0.29, 0.717) is 74.8 Å². The minimum Gasteiger partial charge on any atom is -0.497 e. The first-order valence-electron chi connectivity index (χ1n) is 14.4. The SMILES string of the molecule is COc1ccc(OC(=O)N2CCN(c3ccnc(-n4ccnc4)n3)CC2CC(=O)NCCc2ccc3c(c2)OCCO3)cc1. The van der Waals surface area contributed by atoms with E-state index in [1.54, 1.807) is 65.8 Å². The quantitative estimate of drug-likeness (QED) is 0.306. The van der Waals surface area contributed by atoms with E-state index >= 15 is 0 Å². The molecular formula is C31H33N7O6. The molecule has 2 aromatic heterocycles. The second-order valence-corrected chi connectivity index (χ2v) is 10.3. The number of anilines is 1. The number of fused-ring (bicyclic) bond motifs is 1. The van der Waals surface area contributed by atoms with Gasteiger partial charge in [0.25, 0.3) is 0 Å². The summed E-state index contributed by atoms with van der Waals surface area (Å²) in [5.41, 5.74) is 1.03. The van der Waals surface area contributed by atoms with Crippen LogP contribution in [0.5, 0.6) is 23.0 Å². The van der Waals surface area contributed by atoms with Gasteiger partial charge < -0.3 is 34.1 Å². The molecule has 1 N–H and O–H groups in total. The summed E-state index contributed by atoms with van der Waals surface area (Å²) in [4.78, 5) is 43.3. The van der Waals surface area contributed by atoms with Crippen LogP contribution in [-0.4, -0.2) is 89.0 Å². The van der Waals surface area contributed by atoms with Crippen LogP contribution in [-0.2, 0) is 11.2 Å². The minimum atomic E-state index is -0.523. The third-order valence-corrected chi connectivity index (χ3v) is 7.43. The zero-order chi connectivity index (χ0) is 30.3. The third-order valence-electron chi connectivity index (χ3n) is 7.43. The van der Waals surface area contributed by atoms with Gasteiger partial charge in [-0.25, -0.2) is 14.8 Å². The molecule has 1 fully saturated rings. The molecule has 13 heteroatoms. The number of carbonyl (C=O) groups excluding carboxylic acids is 2. The number of aromatic nitrogens is 4. The highest BCUT2D eigenvalue weighted by Gasteiger charge is 2.34. The molecule has 228 valence electrons. The van der Waals surface area contributed by atoms with Crippen LogP contribution < -0.4 is 29.2 Å². The van der Waals surface area contributed by atoms with Crippen molar-refractivity contribution in [3.05, 3.63) is 79.0 Å². The lowest BCUT2D eigenvalue weighted by atomic mass is 10.1. The van der Waals surface area contributed by atoms with E-state index in [0.717, 1.165) is 11.3 Å². The normalized spacial score (nSPS) is 15.9.